The average molecular weight is 518 g/mol. The number of sulfone groups is 1. The molecule has 4 rings (SSSR count). The van der Waals surface area contributed by atoms with Gasteiger partial charge in [0.15, 0.2) is 9.84 Å². The van der Waals surface area contributed by atoms with Gasteiger partial charge in [0, 0.05) is 21.3 Å². The Morgan fingerprint density at radius 1 is 0.882 bits per heavy atom. The molecule has 1 amide bonds. The Bertz CT molecular complexity index is 1320. The minimum Gasteiger partial charge on any atom is -0.455 e. The van der Waals surface area contributed by atoms with Crippen molar-refractivity contribution in [2.45, 2.75) is 19.1 Å². The molecule has 1 fully saturated rings. The van der Waals surface area contributed by atoms with Crippen LogP contribution in [0.2, 0.25) is 10.0 Å². The first-order valence-corrected chi connectivity index (χ1v) is 13.0. The van der Waals surface area contributed by atoms with E-state index in [9.17, 15) is 18.0 Å². The van der Waals surface area contributed by atoms with Crippen molar-refractivity contribution < 1.29 is 22.7 Å². The lowest BCUT2D eigenvalue weighted by atomic mass is 10.1. The summed E-state index contributed by atoms with van der Waals surface area (Å²) in [7, 11) is -3.58. The van der Waals surface area contributed by atoms with Gasteiger partial charge in [-0.25, -0.2) is 13.2 Å². The van der Waals surface area contributed by atoms with Crippen LogP contribution in [0.4, 0.5) is 5.69 Å². The summed E-state index contributed by atoms with van der Waals surface area (Å²) in [5, 5.41) is 0.925. The van der Waals surface area contributed by atoms with Gasteiger partial charge >= 0.3 is 5.97 Å². The molecular weight excluding hydrogens is 497 g/mol. The summed E-state index contributed by atoms with van der Waals surface area (Å²) >= 11 is 11.9. The van der Waals surface area contributed by atoms with Crippen molar-refractivity contribution in [3.8, 4) is 0 Å². The number of ether oxygens (including phenoxy) is 1. The highest BCUT2D eigenvalue weighted by atomic mass is 35.5. The zero-order valence-electron chi connectivity index (χ0n) is 18.1. The summed E-state index contributed by atoms with van der Waals surface area (Å²) in [4.78, 5) is 27.8. The highest BCUT2D eigenvalue weighted by molar-refractivity contribution is 7.91. The van der Waals surface area contributed by atoms with Crippen LogP contribution in [0, 0.1) is 6.92 Å². The third kappa shape index (κ3) is 5.43. The maximum absolute atomic E-state index is 13.6. The van der Waals surface area contributed by atoms with Gasteiger partial charge in [-0.1, -0.05) is 35.3 Å². The van der Waals surface area contributed by atoms with Gasteiger partial charge in [0.25, 0.3) is 5.91 Å². The Morgan fingerprint density at radius 2 is 1.47 bits per heavy atom. The van der Waals surface area contributed by atoms with Gasteiger partial charge in [-0.2, -0.15) is 0 Å². The lowest BCUT2D eigenvalue weighted by molar-refractivity contribution is 0.0314. The summed E-state index contributed by atoms with van der Waals surface area (Å²) in [6, 6.07) is 18.7. The molecule has 0 aliphatic carbocycles. The molecule has 0 spiro atoms. The van der Waals surface area contributed by atoms with Crippen LogP contribution in [0.15, 0.2) is 72.8 Å². The fourth-order valence-corrected chi connectivity index (χ4v) is 5.97. The number of hydrogen-bond acceptors (Lipinski definition) is 5. The van der Waals surface area contributed by atoms with Crippen molar-refractivity contribution >= 4 is 50.6 Å². The molecule has 3 aromatic carbocycles. The Labute approximate surface area is 208 Å². The van der Waals surface area contributed by atoms with Crippen LogP contribution in [0.5, 0.6) is 0 Å². The van der Waals surface area contributed by atoms with E-state index in [0.717, 1.165) is 5.56 Å². The minimum atomic E-state index is -3.58. The van der Waals surface area contributed by atoms with Gasteiger partial charge in [-0.15, -0.1) is 0 Å². The summed E-state index contributed by atoms with van der Waals surface area (Å²) in [5.74, 6) is -1.82. The molecule has 176 valence electrons. The number of nitrogens with zero attached hydrogens (tertiary/aromatic N) is 1. The Morgan fingerprint density at radius 3 is 2.06 bits per heavy atom. The fourth-order valence-electron chi connectivity index (χ4n) is 3.91. The smallest absolute Gasteiger partial charge is 0.338 e. The van der Waals surface area contributed by atoms with E-state index in [1.54, 1.807) is 54.6 Å². The average Bonchev–Trinajstić information content (AvgIpc) is 3.08. The lowest BCUT2D eigenvalue weighted by Crippen LogP contribution is -2.48. The van der Waals surface area contributed by atoms with Crippen LogP contribution < -0.4 is 4.90 Å². The first-order chi connectivity index (χ1) is 16.1. The number of rotatable bonds is 5. The third-order valence-electron chi connectivity index (χ3n) is 5.53. The zero-order valence-corrected chi connectivity index (χ0v) is 20.5. The van der Waals surface area contributed by atoms with Gasteiger partial charge in [-0.05, 0) is 73.2 Å². The number of carbonyl (C=O) groups is 2. The van der Waals surface area contributed by atoms with Crippen LogP contribution in [0.1, 0.15) is 26.3 Å². The van der Waals surface area contributed by atoms with E-state index in [-0.39, 0.29) is 17.1 Å². The second-order valence-electron chi connectivity index (χ2n) is 8.12. The van der Waals surface area contributed by atoms with Crippen molar-refractivity contribution in [1.82, 2.24) is 0 Å². The van der Waals surface area contributed by atoms with Crippen LogP contribution >= 0.6 is 23.2 Å². The van der Waals surface area contributed by atoms with E-state index in [0.29, 0.717) is 21.3 Å². The molecule has 34 heavy (non-hydrogen) atoms. The van der Waals surface area contributed by atoms with E-state index in [1.165, 1.54) is 17.0 Å². The number of hydrogen-bond donors (Lipinski definition) is 0. The minimum absolute atomic E-state index is 0.235. The van der Waals surface area contributed by atoms with E-state index in [1.807, 2.05) is 13.0 Å². The zero-order chi connectivity index (χ0) is 24.5. The lowest BCUT2D eigenvalue weighted by Gasteiger charge is -2.32. The van der Waals surface area contributed by atoms with E-state index >= 15 is 0 Å². The topological polar surface area (TPSA) is 80.8 Å². The van der Waals surface area contributed by atoms with Gasteiger partial charge in [0.2, 0.25) is 0 Å². The molecule has 0 bridgehead atoms. The highest BCUT2D eigenvalue weighted by Crippen LogP contribution is 2.30. The summed E-state index contributed by atoms with van der Waals surface area (Å²) in [6.07, 6.45) is -1.05. The van der Waals surface area contributed by atoms with Crippen LogP contribution in [0.25, 0.3) is 0 Å². The molecule has 1 aliphatic heterocycles. The Hall–Kier alpha value is -2.87. The van der Waals surface area contributed by atoms with Crippen LogP contribution in [0.3, 0.4) is 0 Å². The van der Waals surface area contributed by atoms with Crippen molar-refractivity contribution in [2.75, 3.05) is 16.4 Å². The van der Waals surface area contributed by atoms with Gasteiger partial charge in [0.05, 0.1) is 23.1 Å². The molecule has 9 heteroatoms. The third-order valence-corrected chi connectivity index (χ3v) is 7.72. The molecule has 1 aliphatic rings. The maximum Gasteiger partial charge on any atom is 0.338 e. The van der Waals surface area contributed by atoms with Gasteiger partial charge in [-0.3, -0.25) is 4.79 Å². The Balaban J connectivity index is 1.73. The summed E-state index contributed by atoms with van der Waals surface area (Å²) < 4.78 is 31.0. The second-order valence-corrected chi connectivity index (χ2v) is 11.1. The molecule has 1 heterocycles. The standard InChI is InChI=1S/C25H21Cl2NO5S/c1-16-3-2-4-21(13-16)28(24(29)17-5-9-19(26)10-6-17)22-14-34(31,32)15-23(22)33-25(30)18-7-11-20(27)12-8-18/h2-13,22-23H,14-15H2,1H3/t22-,23-/m1/s1. The number of halogens is 2. The van der Waals surface area contributed by atoms with E-state index in [2.05, 4.69) is 0 Å². The molecule has 1 saturated heterocycles. The van der Waals surface area contributed by atoms with E-state index in [4.69, 9.17) is 27.9 Å². The largest absolute Gasteiger partial charge is 0.455 e. The molecular formula is C25H21Cl2NO5S. The Kier molecular flexibility index (Phi) is 6.98. The maximum atomic E-state index is 13.6. The molecule has 0 N–H and O–H groups in total. The molecule has 0 unspecified atom stereocenters. The second kappa shape index (κ2) is 9.78. The van der Waals surface area contributed by atoms with Gasteiger partial charge in [0.1, 0.15) is 6.10 Å². The van der Waals surface area contributed by atoms with Crippen molar-refractivity contribution in [1.29, 1.82) is 0 Å². The van der Waals surface area contributed by atoms with Crippen molar-refractivity contribution in [3.63, 3.8) is 0 Å². The van der Waals surface area contributed by atoms with Crippen molar-refractivity contribution in [3.05, 3.63) is 99.5 Å². The quantitative estimate of drug-likeness (QED) is 0.446. The van der Waals surface area contributed by atoms with E-state index < -0.39 is 33.9 Å². The summed E-state index contributed by atoms with van der Waals surface area (Å²) in [6.45, 7) is 1.87. The normalized spacial score (nSPS) is 18.9. The molecule has 0 aromatic heterocycles. The SMILES string of the molecule is Cc1cccc(N(C(=O)c2ccc(Cl)cc2)[C@@H]2CS(=O)(=O)C[C@H]2OC(=O)c2ccc(Cl)cc2)c1. The molecule has 6 nitrogen and oxygen atoms in total. The summed E-state index contributed by atoms with van der Waals surface area (Å²) in [5.41, 5.74) is 1.97. The monoisotopic (exact) mass is 517 g/mol. The predicted octanol–water partition coefficient (Wildman–Crippen LogP) is 4.97. The number of anilines is 1. The number of esters is 1. The number of carbonyl (C=O) groups excluding carboxylic acids is 2. The number of aryl methyl sites for hydroxylation is 1. The number of amides is 1. The van der Waals surface area contributed by atoms with Crippen molar-refractivity contribution in [2.24, 2.45) is 0 Å². The van der Waals surface area contributed by atoms with Crippen LogP contribution in [-0.4, -0.2) is 43.9 Å². The number of benzene rings is 3. The molecule has 2 atom stereocenters. The predicted molar refractivity (Wildman–Crippen MR) is 133 cm³/mol. The molecule has 0 radical (unpaired) electrons. The van der Waals surface area contributed by atoms with Crippen LogP contribution in [-0.2, 0) is 14.6 Å². The molecule has 0 saturated carbocycles. The van der Waals surface area contributed by atoms with Gasteiger partial charge < -0.3 is 9.64 Å². The first kappa shape index (κ1) is 24.3. The first-order valence-electron chi connectivity index (χ1n) is 10.5. The molecule has 3 aromatic rings. The highest BCUT2D eigenvalue weighted by Gasteiger charge is 2.46. The fraction of sp³-hybridized carbons (Fsp3) is 0.200.